The van der Waals surface area contributed by atoms with Gasteiger partial charge in [-0.3, -0.25) is 4.79 Å². The van der Waals surface area contributed by atoms with Crippen LogP contribution in [-0.2, 0) is 14.6 Å². The summed E-state index contributed by atoms with van der Waals surface area (Å²) in [7, 11) is -3.25. The molecule has 1 amide bonds. The topological polar surface area (TPSA) is 75.7 Å². The van der Waals surface area contributed by atoms with Crippen molar-refractivity contribution < 1.29 is 26.7 Å². The Morgan fingerprint density at radius 3 is 2.21 bits per heavy atom. The predicted octanol–water partition coefficient (Wildman–Crippen LogP) is 4.50. The molecule has 2 aliphatic heterocycles. The minimum atomic E-state index is -3.25. The molecule has 184 valence electrons. The SMILES string of the molecule is CC(C)(Oc1cc(F)c(F)cc1Cl)C(=O)N[C@H]1C[C@H]2CC[C@@H](C1)N2c1ccc(S(C)(=O)=O)cc1. The molecule has 0 radical (unpaired) electrons. The zero-order valence-electron chi connectivity index (χ0n) is 19.1. The lowest BCUT2D eigenvalue weighted by atomic mass is 9.95. The van der Waals surface area contributed by atoms with Crippen LogP contribution in [0.3, 0.4) is 0 Å². The normalized spacial score (nSPS) is 22.5. The highest BCUT2D eigenvalue weighted by molar-refractivity contribution is 7.90. The first-order valence-electron chi connectivity index (χ1n) is 11.1. The van der Waals surface area contributed by atoms with Crippen molar-refractivity contribution in [3.05, 3.63) is 53.1 Å². The monoisotopic (exact) mass is 512 g/mol. The molecule has 10 heteroatoms. The summed E-state index contributed by atoms with van der Waals surface area (Å²) in [4.78, 5) is 15.6. The summed E-state index contributed by atoms with van der Waals surface area (Å²) in [5, 5.41) is 2.93. The Morgan fingerprint density at radius 1 is 1.09 bits per heavy atom. The fourth-order valence-corrected chi connectivity index (χ4v) is 5.66. The number of nitrogens with one attached hydrogen (secondary N) is 1. The molecular weight excluding hydrogens is 486 g/mol. The van der Waals surface area contributed by atoms with E-state index < -0.39 is 27.1 Å². The van der Waals surface area contributed by atoms with Gasteiger partial charge < -0.3 is 15.0 Å². The zero-order chi connectivity index (χ0) is 24.8. The van der Waals surface area contributed by atoms with Crippen LogP contribution >= 0.6 is 11.6 Å². The van der Waals surface area contributed by atoms with Gasteiger partial charge in [0.2, 0.25) is 0 Å². The average Bonchev–Trinajstić information content (AvgIpc) is 3.01. The van der Waals surface area contributed by atoms with E-state index in [4.69, 9.17) is 16.3 Å². The van der Waals surface area contributed by atoms with Crippen LogP contribution in [0.2, 0.25) is 5.02 Å². The maximum Gasteiger partial charge on any atom is 0.263 e. The van der Waals surface area contributed by atoms with Crippen LogP contribution in [0.15, 0.2) is 41.3 Å². The molecule has 2 aromatic rings. The van der Waals surface area contributed by atoms with Gasteiger partial charge in [-0.25, -0.2) is 17.2 Å². The third kappa shape index (κ3) is 5.00. The average molecular weight is 513 g/mol. The number of ether oxygens (including phenoxy) is 1. The molecule has 2 aliphatic rings. The van der Waals surface area contributed by atoms with Crippen molar-refractivity contribution in [1.29, 1.82) is 0 Å². The molecule has 0 aromatic heterocycles. The minimum absolute atomic E-state index is 0.0696. The molecule has 0 saturated carbocycles. The number of anilines is 1. The summed E-state index contributed by atoms with van der Waals surface area (Å²) in [6.07, 6.45) is 4.62. The summed E-state index contributed by atoms with van der Waals surface area (Å²) in [6.45, 7) is 3.10. The van der Waals surface area contributed by atoms with E-state index in [0.29, 0.717) is 0 Å². The molecule has 3 atom stereocenters. The lowest BCUT2D eigenvalue weighted by Crippen LogP contribution is -2.55. The Balaban J connectivity index is 1.42. The van der Waals surface area contributed by atoms with Crippen molar-refractivity contribution in [2.75, 3.05) is 11.2 Å². The number of halogens is 3. The van der Waals surface area contributed by atoms with E-state index >= 15 is 0 Å². The third-order valence-corrected chi connectivity index (χ3v) is 7.94. The highest BCUT2D eigenvalue weighted by Gasteiger charge is 2.42. The van der Waals surface area contributed by atoms with Gasteiger partial charge in [0, 0.05) is 36.1 Å². The highest BCUT2D eigenvalue weighted by Crippen LogP contribution is 2.40. The third-order valence-electron chi connectivity index (χ3n) is 6.52. The Labute approximate surface area is 203 Å². The molecule has 0 aliphatic carbocycles. The smallest absolute Gasteiger partial charge is 0.263 e. The van der Waals surface area contributed by atoms with Crippen LogP contribution in [-0.4, -0.2) is 44.3 Å². The van der Waals surface area contributed by atoms with Gasteiger partial charge in [0.25, 0.3) is 5.91 Å². The lowest BCUT2D eigenvalue weighted by Gasteiger charge is -2.41. The van der Waals surface area contributed by atoms with E-state index in [1.54, 1.807) is 26.0 Å². The fraction of sp³-hybridized carbons (Fsp3) is 0.458. The lowest BCUT2D eigenvalue weighted by molar-refractivity contribution is -0.135. The second kappa shape index (κ2) is 9.00. The number of carbonyl (C=O) groups is 1. The van der Waals surface area contributed by atoms with Crippen molar-refractivity contribution >= 4 is 33.0 Å². The van der Waals surface area contributed by atoms with Crippen LogP contribution in [0.5, 0.6) is 5.75 Å². The molecular formula is C24H27ClF2N2O4S. The number of carbonyl (C=O) groups excluding carboxylic acids is 1. The van der Waals surface area contributed by atoms with E-state index in [0.717, 1.165) is 43.5 Å². The van der Waals surface area contributed by atoms with Gasteiger partial charge in [-0.15, -0.1) is 0 Å². The van der Waals surface area contributed by atoms with Crippen molar-refractivity contribution in [1.82, 2.24) is 5.32 Å². The molecule has 6 nitrogen and oxygen atoms in total. The van der Waals surface area contributed by atoms with E-state index in [9.17, 15) is 22.0 Å². The largest absolute Gasteiger partial charge is 0.476 e. The quantitative estimate of drug-likeness (QED) is 0.577. The van der Waals surface area contributed by atoms with Crippen molar-refractivity contribution in [2.24, 2.45) is 0 Å². The number of piperidine rings is 1. The predicted molar refractivity (Wildman–Crippen MR) is 126 cm³/mol. The first kappa shape index (κ1) is 24.7. The summed E-state index contributed by atoms with van der Waals surface area (Å²) in [5.41, 5.74) is -0.382. The maximum absolute atomic E-state index is 13.6. The van der Waals surface area contributed by atoms with Gasteiger partial charge in [0.1, 0.15) is 5.75 Å². The molecule has 2 fully saturated rings. The molecule has 0 unspecified atom stereocenters. The number of hydrogen-bond donors (Lipinski definition) is 1. The number of amides is 1. The molecule has 34 heavy (non-hydrogen) atoms. The maximum atomic E-state index is 13.6. The second-order valence-electron chi connectivity index (χ2n) is 9.51. The summed E-state index contributed by atoms with van der Waals surface area (Å²) in [5.74, 6) is -2.67. The van der Waals surface area contributed by atoms with Crippen molar-refractivity contribution in [3.8, 4) is 5.75 Å². The van der Waals surface area contributed by atoms with E-state index in [2.05, 4.69) is 10.2 Å². The van der Waals surface area contributed by atoms with Gasteiger partial charge in [0.15, 0.2) is 27.1 Å². The molecule has 2 heterocycles. The van der Waals surface area contributed by atoms with Gasteiger partial charge >= 0.3 is 0 Å². The first-order chi connectivity index (χ1) is 15.8. The van der Waals surface area contributed by atoms with Crippen LogP contribution < -0.4 is 15.0 Å². The van der Waals surface area contributed by atoms with E-state index in [1.807, 2.05) is 12.1 Å². The number of rotatable bonds is 6. The van der Waals surface area contributed by atoms with Gasteiger partial charge in [-0.1, -0.05) is 11.6 Å². The number of sulfone groups is 1. The Hall–Kier alpha value is -2.39. The van der Waals surface area contributed by atoms with Crippen molar-refractivity contribution in [2.45, 2.75) is 68.2 Å². The number of fused-ring (bicyclic) bond motifs is 2. The fourth-order valence-electron chi connectivity index (χ4n) is 4.84. The number of hydrogen-bond acceptors (Lipinski definition) is 5. The van der Waals surface area contributed by atoms with Crippen LogP contribution in [0.4, 0.5) is 14.5 Å². The number of nitrogens with zero attached hydrogens (tertiary/aromatic N) is 1. The highest BCUT2D eigenvalue weighted by atomic mass is 35.5. The minimum Gasteiger partial charge on any atom is -0.476 e. The number of benzene rings is 2. The Kier molecular flexibility index (Phi) is 6.54. The molecule has 2 bridgehead atoms. The molecule has 0 spiro atoms. The van der Waals surface area contributed by atoms with E-state index in [1.165, 1.54) is 6.26 Å². The Bertz CT molecular complexity index is 1190. The van der Waals surface area contributed by atoms with Crippen LogP contribution in [0.25, 0.3) is 0 Å². The summed E-state index contributed by atoms with van der Waals surface area (Å²) >= 11 is 5.96. The first-order valence-corrected chi connectivity index (χ1v) is 13.3. The summed E-state index contributed by atoms with van der Waals surface area (Å²) < 4.78 is 56.1. The van der Waals surface area contributed by atoms with Crippen LogP contribution in [0.1, 0.15) is 39.5 Å². The molecule has 4 rings (SSSR count). The molecule has 2 saturated heterocycles. The Morgan fingerprint density at radius 2 is 1.65 bits per heavy atom. The zero-order valence-corrected chi connectivity index (χ0v) is 20.7. The van der Waals surface area contributed by atoms with Crippen LogP contribution in [0, 0.1) is 11.6 Å². The van der Waals surface area contributed by atoms with Gasteiger partial charge in [-0.2, -0.15) is 0 Å². The van der Waals surface area contributed by atoms with Gasteiger partial charge in [-0.05, 0) is 69.9 Å². The van der Waals surface area contributed by atoms with Gasteiger partial charge in [0.05, 0.1) is 9.92 Å². The molecule has 2 aromatic carbocycles. The van der Waals surface area contributed by atoms with E-state index in [-0.39, 0.29) is 39.7 Å². The molecule has 1 N–H and O–H groups in total. The second-order valence-corrected chi connectivity index (χ2v) is 11.9. The standard InChI is InChI=1S/C24H27ClF2N2O4S/c1-24(2,33-22-13-21(27)20(26)12-19(22)25)23(30)28-14-10-16-4-5-17(11-14)29(16)15-6-8-18(9-7-15)34(3,31)32/h6-9,12-14,16-17H,4-5,10-11H2,1-3H3,(H,28,30)/t14-,16+,17-. The summed E-state index contributed by atoms with van der Waals surface area (Å²) in [6, 6.07) is 8.95. The van der Waals surface area contributed by atoms with Crippen molar-refractivity contribution in [3.63, 3.8) is 0 Å².